The minimum atomic E-state index is -1.16. The molecule has 0 saturated heterocycles. The van der Waals surface area contributed by atoms with Crippen molar-refractivity contribution in [2.75, 3.05) is 0 Å². The Morgan fingerprint density at radius 3 is 2.17 bits per heavy atom. The molecule has 4 heteroatoms. The quantitative estimate of drug-likeness (QED) is 0.409. The van der Waals surface area contributed by atoms with Crippen molar-refractivity contribution in [3.8, 4) is 0 Å². The topological polar surface area (TPSA) is 40.1 Å². The van der Waals surface area contributed by atoms with Crippen LogP contribution in [0.5, 0.6) is 0 Å². The Morgan fingerprint density at radius 1 is 1.33 bits per heavy atom. The van der Waals surface area contributed by atoms with E-state index < -0.39 is 5.97 Å². The number of rotatable bonds is 2. The molecule has 0 saturated carbocycles. The monoisotopic (exact) mass is 208 g/mol. The average molecular weight is 209 g/mol. The summed E-state index contributed by atoms with van der Waals surface area (Å²) in [6.07, 6.45) is 0. The zero-order valence-electron chi connectivity index (χ0n) is 6.71. The summed E-state index contributed by atoms with van der Waals surface area (Å²) >= 11 is 5.50. The molecular weight excluding hydrogens is 203 g/mol. The Morgan fingerprint density at radius 2 is 1.83 bits per heavy atom. The zero-order valence-corrected chi connectivity index (χ0v) is 10.6. The van der Waals surface area contributed by atoms with Crippen LogP contribution in [0.15, 0.2) is 24.3 Å². The van der Waals surface area contributed by atoms with E-state index in [1.807, 2.05) is 0 Å². The van der Waals surface area contributed by atoms with E-state index >= 15 is 0 Å². The fourth-order valence-corrected chi connectivity index (χ4v) is 0.908. The van der Waals surface area contributed by atoms with Gasteiger partial charge in [-0.05, 0) is 11.1 Å². The van der Waals surface area contributed by atoms with Gasteiger partial charge in [-0.25, -0.2) is 0 Å². The summed E-state index contributed by atoms with van der Waals surface area (Å²) < 4.78 is 0. The van der Waals surface area contributed by atoms with E-state index in [4.69, 9.17) is 11.6 Å². The van der Waals surface area contributed by atoms with Crippen LogP contribution in [0.3, 0.4) is 0 Å². The van der Waals surface area contributed by atoms with Gasteiger partial charge in [-0.3, -0.25) is 0 Å². The number of carbonyl (C=O) groups excluding carboxylic acids is 1. The molecule has 0 aromatic heterocycles. The first kappa shape index (κ1) is 12.6. The number of hydrogen-bond acceptors (Lipinski definition) is 2. The zero-order chi connectivity index (χ0) is 8.27. The summed E-state index contributed by atoms with van der Waals surface area (Å²) in [7, 11) is 0. The third-order valence-corrected chi connectivity index (χ3v) is 1.65. The van der Waals surface area contributed by atoms with Gasteiger partial charge in [0.05, 0.1) is 5.97 Å². The normalized spacial score (nSPS) is 8.75. The van der Waals surface area contributed by atoms with Gasteiger partial charge in [0.15, 0.2) is 0 Å². The minimum Gasteiger partial charge on any atom is -0.545 e. The third-order valence-electron chi connectivity index (χ3n) is 1.34. The van der Waals surface area contributed by atoms with E-state index in [2.05, 4.69) is 0 Å². The van der Waals surface area contributed by atoms with Gasteiger partial charge in [0, 0.05) is 5.88 Å². The van der Waals surface area contributed by atoms with Crippen LogP contribution in [0.2, 0.25) is 0 Å². The molecule has 0 bridgehead atoms. The average Bonchev–Trinajstić information content (AvgIpc) is 2.05. The number of halogens is 1. The van der Waals surface area contributed by atoms with E-state index in [-0.39, 0.29) is 56.9 Å². The van der Waals surface area contributed by atoms with Crippen LogP contribution in [0.4, 0.5) is 0 Å². The summed E-state index contributed by atoms with van der Waals surface area (Å²) in [4.78, 5) is 10.3. The van der Waals surface area contributed by atoms with Gasteiger partial charge in [-0.2, -0.15) is 0 Å². The molecule has 0 fully saturated rings. The minimum absolute atomic E-state index is 0. The van der Waals surface area contributed by atoms with Crippen molar-refractivity contribution in [2.24, 2.45) is 0 Å². The maximum Gasteiger partial charge on any atom is 1.00 e. The predicted molar refractivity (Wildman–Crippen MR) is 40.3 cm³/mol. The Hall–Kier alpha value is 0.616. The molecule has 12 heavy (non-hydrogen) atoms. The van der Waals surface area contributed by atoms with Gasteiger partial charge in [-0.1, -0.05) is 24.3 Å². The van der Waals surface area contributed by atoms with Gasteiger partial charge in [0.1, 0.15) is 0 Å². The van der Waals surface area contributed by atoms with Crippen LogP contribution in [-0.2, 0) is 5.88 Å². The van der Waals surface area contributed by atoms with E-state index in [1.165, 1.54) is 12.1 Å². The van der Waals surface area contributed by atoms with Crippen LogP contribution in [0.25, 0.3) is 0 Å². The second-order valence-corrected chi connectivity index (χ2v) is 2.39. The van der Waals surface area contributed by atoms with E-state index in [9.17, 15) is 9.90 Å². The fraction of sp³-hybridized carbons (Fsp3) is 0.125. The van der Waals surface area contributed by atoms with Gasteiger partial charge < -0.3 is 9.90 Å². The van der Waals surface area contributed by atoms with Crippen LogP contribution in [0.1, 0.15) is 15.9 Å². The molecule has 0 spiro atoms. The first-order valence-electron chi connectivity index (χ1n) is 3.10. The second-order valence-electron chi connectivity index (χ2n) is 2.12. The first-order valence-corrected chi connectivity index (χ1v) is 3.63. The third kappa shape index (κ3) is 3.56. The smallest absolute Gasteiger partial charge is 0.545 e. The van der Waals surface area contributed by atoms with Gasteiger partial charge >= 0.3 is 51.4 Å². The van der Waals surface area contributed by atoms with Crippen LogP contribution < -0.4 is 56.5 Å². The summed E-state index contributed by atoms with van der Waals surface area (Å²) in [6.45, 7) is 0. The second kappa shape index (κ2) is 6.13. The maximum absolute atomic E-state index is 10.3. The van der Waals surface area contributed by atoms with Crippen molar-refractivity contribution in [1.82, 2.24) is 0 Å². The summed E-state index contributed by atoms with van der Waals surface area (Å²) in [5.41, 5.74) is 1.08. The maximum atomic E-state index is 10.3. The van der Waals surface area contributed by atoms with Crippen molar-refractivity contribution >= 4 is 17.6 Å². The van der Waals surface area contributed by atoms with E-state index in [0.29, 0.717) is 5.88 Å². The standard InChI is InChI=1S/C8H7ClO2.K/c9-5-6-1-3-7(4-2-6)8(10)11;/h1-4H,5H2,(H,10,11);/q;+1/p-1. The molecule has 2 nitrogen and oxygen atoms in total. The molecule has 0 atom stereocenters. The van der Waals surface area contributed by atoms with Crippen molar-refractivity contribution in [3.63, 3.8) is 0 Å². The number of carbonyl (C=O) groups is 1. The number of alkyl halides is 1. The molecule has 0 unspecified atom stereocenters. The first-order chi connectivity index (χ1) is 5.24. The van der Waals surface area contributed by atoms with E-state index in [0.717, 1.165) is 5.56 Å². The van der Waals surface area contributed by atoms with Gasteiger partial charge in [-0.15, -0.1) is 11.6 Å². The molecule has 0 aliphatic carbocycles. The number of carboxylic acid groups (broad SMARTS) is 1. The summed E-state index contributed by atoms with van der Waals surface area (Å²) in [5, 5.41) is 10.3. The van der Waals surface area contributed by atoms with E-state index in [1.54, 1.807) is 12.1 Å². The van der Waals surface area contributed by atoms with Crippen LogP contribution in [0, 0.1) is 0 Å². The fourth-order valence-electron chi connectivity index (χ4n) is 0.730. The Kier molecular flexibility index (Phi) is 6.44. The Balaban J connectivity index is 0.00000121. The molecule has 1 rings (SSSR count). The summed E-state index contributed by atoms with van der Waals surface area (Å²) in [6, 6.07) is 6.29. The molecule has 0 amide bonds. The Bertz CT molecular complexity index is 258. The number of carboxylic acids is 1. The number of aromatic carboxylic acids is 1. The molecular formula is C8H6ClKO2. The number of hydrogen-bond donors (Lipinski definition) is 0. The molecule has 58 valence electrons. The predicted octanol–water partition coefficient (Wildman–Crippen LogP) is -2.21. The van der Waals surface area contributed by atoms with Crippen molar-refractivity contribution < 1.29 is 61.3 Å². The van der Waals surface area contributed by atoms with Gasteiger partial charge in [0.2, 0.25) is 0 Å². The summed E-state index contributed by atoms with van der Waals surface area (Å²) in [5.74, 6) is -0.765. The molecule has 1 aromatic rings. The van der Waals surface area contributed by atoms with Crippen molar-refractivity contribution in [1.29, 1.82) is 0 Å². The Labute approximate surface area is 118 Å². The van der Waals surface area contributed by atoms with Gasteiger partial charge in [0.25, 0.3) is 0 Å². The molecule has 0 radical (unpaired) electrons. The molecule has 0 heterocycles. The SMILES string of the molecule is O=C([O-])c1ccc(CCl)cc1.[K+]. The molecule has 1 aromatic carbocycles. The molecule has 0 aliphatic rings. The number of benzene rings is 1. The van der Waals surface area contributed by atoms with Crippen molar-refractivity contribution in [3.05, 3.63) is 35.4 Å². The molecule has 0 N–H and O–H groups in total. The van der Waals surface area contributed by atoms with Crippen molar-refractivity contribution in [2.45, 2.75) is 5.88 Å². The molecule has 0 aliphatic heterocycles. The largest absolute Gasteiger partial charge is 1.00 e. The van der Waals surface area contributed by atoms with Crippen LogP contribution >= 0.6 is 11.6 Å². The van der Waals surface area contributed by atoms with Crippen LogP contribution in [-0.4, -0.2) is 5.97 Å².